The van der Waals surface area contributed by atoms with Gasteiger partial charge in [0, 0.05) is 57.5 Å². The first-order valence-electron chi connectivity index (χ1n) is 8.13. The highest BCUT2D eigenvalue weighted by atomic mass is 16.5. The maximum Gasteiger partial charge on any atom is 0.317 e. The average molecular weight is 321 g/mol. The minimum Gasteiger partial charge on any atom is -0.383 e. The van der Waals surface area contributed by atoms with Crippen molar-refractivity contribution in [2.75, 3.05) is 51.3 Å². The number of rotatable bonds is 5. The number of ether oxygens (including phenoxy) is 1. The van der Waals surface area contributed by atoms with E-state index in [2.05, 4.69) is 34.0 Å². The second-order valence-electron chi connectivity index (χ2n) is 6.08. The lowest BCUT2D eigenvalue weighted by Crippen LogP contribution is -2.52. The lowest BCUT2D eigenvalue weighted by atomic mass is 10.2. The normalized spacial score (nSPS) is 15.2. The number of carbonyl (C=O) groups is 1. The van der Waals surface area contributed by atoms with Crippen LogP contribution in [0.5, 0.6) is 0 Å². The molecule has 1 fully saturated rings. The standard InChI is InChI=1S/C16H27N5O2/c1-12(2)15-18-13(3)11-14(19-15)20-6-8-21(9-7-20)16(22)17-5-10-23-4/h11-12H,5-10H2,1-4H3,(H,17,22). The van der Waals surface area contributed by atoms with Crippen molar-refractivity contribution in [1.29, 1.82) is 0 Å². The van der Waals surface area contributed by atoms with E-state index in [4.69, 9.17) is 4.74 Å². The molecule has 1 N–H and O–H groups in total. The van der Waals surface area contributed by atoms with Crippen molar-refractivity contribution in [1.82, 2.24) is 20.2 Å². The van der Waals surface area contributed by atoms with Crippen molar-refractivity contribution < 1.29 is 9.53 Å². The van der Waals surface area contributed by atoms with Gasteiger partial charge in [0.2, 0.25) is 0 Å². The zero-order valence-electron chi connectivity index (χ0n) is 14.5. The minimum absolute atomic E-state index is 0.0246. The van der Waals surface area contributed by atoms with E-state index in [1.165, 1.54) is 0 Å². The van der Waals surface area contributed by atoms with Gasteiger partial charge in [0.05, 0.1) is 6.61 Å². The van der Waals surface area contributed by atoms with Crippen molar-refractivity contribution in [2.24, 2.45) is 0 Å². The highest BCUT2D eigenvalue weighted by Crippen LogP contribution is 2.18. The monoisotopic (exact) mass is 321 g/mol. The molecule has 0 aliphatic carbocycles. The molecule has 1 aromatic rings. The Morgan fingerprint density at radius 3 is 2.61 bits per heavy atom. The van der Waals surface area contributed by atoms with E-state index in [-0.39, 0.29) is 6.03 Å². The first kappa shape index (κ1) is 17.5. The van der Waals surface area contributed by atoms with Gasteiger partial charge in [-0.1, -0.05) is 13.8 Å². The third-order valence-corrected chi connectivity index (χ3v) is 3.85. The van der Waals surface area contributed by atoms with Gasteiger partial charge in [-0.2, -0.15) is 0 Å². The molecule has 0 bridgehead atoms. The molecule has 0 unspecified atom stereocenters. The number of anilines is 1. The van der Waals surface area contributed by atoms with E-state index >= 15 is 0 Å². The van der Waals surface area contributed by atoms with E-state index in [9.17, 15) is 4.79 Å². The summed E-state index contributed by atoms with van der Waals surface area (Å²) in [6.45, 7) is 10.2. The van der Waals surface area contributed by atoms with Crippen molar-refractivity contribution in [3.63, 3.8) is 0 Å². The molecule has 7 nitrogen and oxygen atoms in total. The summed E-state index contributed by atoms with van der Waals surface area (Å²) < 4.78 is 4.94. The van der Waals surface area contributed by atoms with Crippen molar-refractivity contribution >= 4 is 11.8 Å². The summed E-state index contributed by atoms with van der Waals surface area (Å²) in [4.78, 5) is 25.2. The predicted molar refractivity (Wildman–Crippen MR) is 89.9 cm³/mol. The molecule has 0 spiro atoms. The van der Waals surface area contributed by atoms with Gasteiger partial charge in [0.1, 0.15) is 11.6 Å². The molecule has 1 saturated heterocycles. The van der Waals surface area contributed by atoms with Gasteiger partial charge < -0.3 is 19.9 Å². The topological polar surface area (TPSA) is 70.6 Å². The number of hydrogen-bond donors (Lipinski definition) is 1. The quantitative estimate of drug-likeness (QED) is 0.830. The Morgan fingerprint density at radius 2 is 2.00 bits per heavy atom. The number of aromatic nitrogens is 2. The number of methoxy groups -OCH3 is 1. The zero-order valence-corrected chi connectivity index (χ0v) is 14.5. The Balaban J connectivity index is 1.93. The molecule has 23 heavy (non-hydrogen) atoms. The Labute approximate surface area is 138 Å². The largest absolute Gasteiger partial charge is 0.383 e. The van der Waals surface area contributed by atoms with E-state index < -0.39 is 0 Å². The number of urea groups is 1. The van der Waals surface area contributed by atoms with Gasteiger partial charge in [-0.25, -0.2) is 14.8 Å². The van der Waals surface area contributed by atoms with Crippen LogP contribution in [-0.4, -0.2) is 67.3 Å². The summed E-state index contributed by atoms with van der Waals surface area (Å²) in [5, 5.41) is 2.86. The molecule has 0 atom stereocenters. The van der Waals surface area contributed by atoms with Gasteiger partial charge in [0.15, 0.2) is 0 Å². The van der Waals surface area contributed by atoms with Gasteiger partial charge >= 0.3 is 6.03 Å². The SMILES string of the molecule is COCCNC(=O)N1CCN(c2cc(C)nc(C(C)C)n2)CC1. The number of aryl methyl sites for hydroxylation is 1. The van der Waals surface area contributed by atoms with Crippen LogP contribution >= 0.6 is 0 Å². The van der Waals surface area contributed by atoms with Crippen LogP contribution in [0, 0.1) is 6.92 Å². The molecule has 1 aliphatic rings. The van der Waals surface area contributed by atoms with E-state index in [1.807, 2.05) is 17.9 Å². The van der Waals surface area contributed by atoms with Gasteiger partial charge in [-0.15, -0.1) is 0 Å². The molecular formula is C16H27N5O2. The van der Waals surface area contributed by atoms with E-state index in [1.54, 1.807) is 7.11 Å². The summed E-state index contributed by atoms with van der Waals surface area (Å²) in [6.07, 6.45) is 0. The molecule has 2 heterocycles. The number of nitrogens with one attached hydrogen (secondary N) is 1. The fourth-order valence-corrected chi connectivity index (χ4v) is 2.51. The van der Waals surface area contributed by atoms with Crippen LogP contribution in [0.15, 0.2) is 6.07 Å². The highest BCUT2D eigenvalue weighted by Gasteiger charge is 2.22. The summed E-state index contributed by atoms with van der Waals surface area (Å²) in [5.41, 5.74) is 0.985. The summed E-state index contributed by atoms with van der Waals surface area (Å²) in [7, 11) is 1.63. The average Bonchev–Trinajstić information content (AvgIpc) is 2.54. The second kappa shape index (κ2) is 8.10. The van der Waals surface area contributed by atoms with Gasteiger partial charge in [-0.3, -0.25) is 0 Å². The van der Waals surface area contributed by atoms with Crippen LogP contribution in [0.25, 0.3) is 0 Å². The first-order chi connectivity index (χ1) is 11.0. The first-order valence-corrected chi connectivity index (χ1v) is 8.13. The summed E-state index contributed by atoms with van der Waals surface area (Å²) in [5.74, 6) is 2.14. The number of nitrogens with zero attached hydrogens (tertiary/aromatic N) is 4. The lowest BCUT2D eigenvalue weighted by molar-refractivity contribution is 0.177. The molecule has 128 valence electrons. The van der Waals surface area contributed by atoms with E-state index in [0.29, 0.717) is 32.2 Å². The Hall–Kier alpha value is -1.89. The van der Waals surface area contributed by atoms with Crippen molar-refractivity contribution in [3.05, 3.63) is 17.6 Å². The Kier molecular flexibility index (Phi) is 6.15. The molecule has 7 heteroatoms. The van der Waals surface area contributed by atoms with Crippen molar-refractivity contribution in [3.8, 4) is 0 Å². The Bertz CT molecular complexity index is 527. The molecule has 2 amide bonds. The van der Waals surface area contributed by atoms with Crippen LogP contribution in [0.1, 0.15) is 31.3 Å². The second-order valence-corrected chi connectivity index (χ2v) is 6.08. The third-order valence-electron chi connectivity index (χ3n) is 3.85. The maximum atomic E-state index is 12.0. The van der Waals surface area contributed by atoms with Crippen LogP contribution in [-0.2, 0) is 4.74 Å². The minimum atomic E-state index is -0.0246. The van der Waals surface area contributed by atoms with Crippen LogP contribution in [0.3, 0.4) is 0 Å². The fraction of sp³-hybridized carbons (Fsp3) is 0.688. The summed E-state index contributed by atoms with van der Waals surface area (Å²) in [6, 6.07) is 1.99. The van der Waals surface area contributed by atoms with Gasteiger partial charge in [0.25, 0.3) is 0 Å². The van der Waals surface area contributed by atoms with Gasteiger partial charge in [-0.05, 0) is 6.92 Å². The van der Waals surface area contributed by atoms with Crippen LogP contribution in [0.4, 0.5) is 10.6 Å². The number of hydrogen-bond acceptors (Lipinski definition) is 5. The molecular weight excluding hydrogens is 294 g/mol. The zero-order chi connectivity index (χ0) is 16.8. The third kappa shape index (κ3) is 4.79. The van der Waals surface area contributed by atoms with E-state index in [0.717, 1.165) is 30.4 Å². The molecule has 1 aliphatic heterocycles. The summed E-state index contributed by atoms with van der Waals surface area (Å²) >= 11 is 0. The lowest BCUT2D eigenvalue weighted by Gasteiger charge is -2.35. The predicted octanol–water partition coefficient (Wildman–Crippen LogP) is 1.39. The smallest absolute Gasteiger partial charge is 0.317 e. The van der Waals surface area contributed by atoms with Crippen molar-refractivity contribution in [2.45, 2.75) is 26.7 Å². The molecule has 0 aromatic carbocycles. The maximum absolute atomic E-state index is 12.0. The highest BCUT2D eigenvalue weighted by molar-refractivity contribution is 5.74. The fourth-order valence-electron chi connectivity index (χ4n) is 2.51. The molecule has 0 radical (unpaired) electrons. The Morgan fingerprint density at radius 1 is 1.30 bits per heavy atom. The number of amides is 2. The number of carbonyl (C=O) groups excluding carboxylic acids is 1. The number of piperazine rings is 1. The molecule has 1 aromatic heterocycles. The van der Waals surface area contributed by atoms with Crippen LogP contribution < -0.4 is 10.2 Å². The molecule has 0 saturated carbocycles. The van der Waals surface area contributed by atoms with Crippen LogP contribution in [0.2, 0.25) is 0 Å². The molecule has 2 rings (SSSR count).